The molecular weight excluding hydrogens is 263 g/mol. The van der Waals surface area contributed by atoms with Gasteiger partial charge in [-0.15, -0.1) is 0 Å². The van der Waals surface area contributed by atoms with E-state index in [1.54, 1.807) is 13.8 Å². The smallest absolute Gasteiger partial charge is 0.433 e. The van der Waals surface area contributed by atoms with Crippen molar-refractivity contribution >= 4 is 11.5 Å². The second kappa shape index (κ2) is 5.29. The molecule has 0 aliphatic rings. The number of carboxylic acid groups (broad SMARTS) is 1. The quantitative estimate of drug-likeness (QED) is 0.858. The number of nitrogens with zero attached hydrogens (tertiary/aromatic N) is 1. The van der Waals surface area contributed by atoms with Crippen molar-refractivity contribution in [2.24, 2.45) is 0 Å². The molecular formula is C12H12F3NO3. The van der Waals surface area contributed by atoms with Gasteiger partial charge in [0.1, 0.15) is 5.69 Å². The lowest BCUT2D eigenvalue weighted by molar-refractivity contribution is -0.141. The van der Waals surface area contributed by atoms with Crippen LogP contribution in [0.25, 0.3) is 5.57 Å². The van der Waals surface area contributed by atoms with Crippen LogP contribution in [-0.2, 0) is 11.0 Å². The van der Waals surface area contributed by atoms with Crippen LogP contribution in [-0.4, -0.2) is 22.2 Å². The fraction of sp³-hybridized carbons (Fsp3) is 0.333. The fourth-order valence-corrected chi connectivity index (χ4v) is 1.26. The van der Waals surface area contributed by atoms with Crippen molar-refractivity contribution in [2.45, 2.75) is 26.1 Å². The second-order valence-electron chi connectivity index (χ2n) is 4.00. The predicted molar refractivity (Wildman–Crippen MR) is 61.7 cm³/mol. The Kier molecular flexibility index (Phi) is 4.18. The maximum atomic E-state index is 12.5. The number of carbonyl (C=O) groups is 1. The molecule has 0 radical (unpaired) electrons. The summed E-state index contributed by atoms with van der Waals surface area (Å²) >= 11 is 0. The first-order chi connectivity index (χ1) is 8.62. The highest BCUT2D eigenvalue weighted by atomic mass is 19.4. The van der Waals surface area contributed by atoms with Crippen molar-refractivity contribution in [3.63, 3.8) is 0 Å². The molecule has 0 spiro atoms. The number of aromatic nitrogens is 1. The van der Waals surface area contributed by atoms with Gasteiger partial charge in [-0.1, -0.05) is 6.58 Å². The summed E-state index contributed by atoms with van der Waals surface area (Å²) < 4.78 is 42.7. The molecule has 0 fully saturated rings. The molecule has 1 heterocycles. The minimum Gasteiger partial charge on any atom is -0.478 e. The third-order valence-corrected chi connectivity index (χ3v) is 2.08. The lowest BCUT2D eigenvalue weighted by Gasteiger charge is -2.15. The van der Waals surface area contributed by atoms with E-state index in [1.165, 1.54) is 0 Å². The summed E-state index contributed by atoms with van der Waals surface area (Å²) in [7, 11) is 0. The van der Waals surface area contributed by atoms with E-state index in [2.05, 4.69) is 11.6 Å². The number of rotatable bonds is 4. The summed E-state index contributed by atoms with van der Waals surface area (Å²) in [6.07, 6.45) is -5.07. The Morgan fingerprint density at radius 3 is 2.42 bits per heavy atom. The van der Waals surface area contributed by atoms with Crippen LogP contribution in [0.2, 0.25) is 0 Å². The molecule has 19 heavy (non-hydrogen) atoms. The minimum absolute atomic E-state index is 0.0748. The van der Waals surface area contributed by atoms with Gasteiger partial charge < -0.3 is 9.84 Å². The van der Waals surface area contributed by atoms with Gasteiger partial charge in [0.25, 0.3) is 0 Å². The van der Waals surface area contributed by atoms with Gasteiger partial charge in [-0.25, -0.2) is 9.78 Å². The summed E-state index contributed by atoms with van der Waals surface area (Å²) in [5, 5.41) is 8.82. The minimum atomic E-state index is -4.63. The van der Waals surface area contributed by atoms with Crippen molar-refractivity contribution in [3.05, 3.63) is 30.0 Å². The molecule has 0 aromatic carbocycles. The first kappa shape index (κ1) is 15.0. The van der Waals surface area contributed by atoms with Crippen molar-refractivity contribution in [2.75, 3.05) is 0 Å². The third-order valence-electron chi connectivity index (χ3n) is 2.08. The number of carboxylic acids is 1. The Balaban J connectivity index is 3.32. The lowest BCUT2D eigenvalue weighted by atomic mass is 10.1. The van der Waals surface area contributed by atoms with Gasteiger partial charge >= 0.3 is 12.1 Å². The predicted octanol–water partition coefficient (Wildman–Crippen LogP) is 2.99. The summed E-state index contributed by atoms with van der Waals surface area (Å²) in [6, 6.07) is 1.68. The van der Waals surface area contributed by atoms with Gasteiger partial charge in [0.05, 0.1) is 17.2 Å². The van der Waals surface area contributed by atoms with Gasteiger partial charge in [0, 0.05) is 0 Å². The molecule has 0 saturated heterocycles. The van der Waals surface area contributed by atoms with Gasteiger partial charge in [0.2, 0.25) is 5.88 Å². The second-order valence-corrected chi connectivity index (χ2v) is 4.00. The van der Waals surface area contributed by atoms with Crippen molar-refractivity contribution in [1.29, 1.82) is 0 Å². The third kappa shape index (κ3) is 3.70. The SMILES string of the molecule is C=C(C(=O)O)c1ccc(C(F)(F)F)nc1OC(C)C. The highest BCUT2D eigenvalue weighted by molar-refractivity contribution is 6.15. The molecule has 1 rings (SSSR count). The summed E-state index contributed by atoms with van der Waals surface area (Å²) in [6.45, 7) is 6.47. The zero-order valence-electron chi connectivity index (χ0n) is 10.3. The molecule has 104 valence electrons. The fourth-order valence-electron chi connectivity index (χ4n) is 1.26. The first-order valence-corrected chi connectivity index (χ1v) is 5.30. The highest BCUT2D eigenvalue weighted by Crippen LogP contribution is 2.32. The molecule has 4 nitrogen and oxygen atoms in total. The summed E-state index contributed by atoms with van der Waals surface area (Å²) in [5.74, 6) is -1.74. The molecule has 0 saturated carbocycles. The van der Waals surface area contributed by atoms with Gasteiger partial charge in [-0.3, -0.25) is 0 Å². The Hall–Kier alpha value is -2.05. The Morgan fingerprint density at radius 1 is 1.42 bits per heavy atom. The largest absolute Gasteiger partial charge is 0.478 e. The summed E-state index contributed by atoms with van der Waals surface area (Å²) in [4.78, 5) is 14.1. The Bertz CT molecular complexity index is 509. The maximum Gasteiger partial charge on any atom is 0.433 e. The van der Waals surface area contributed by atoms with Crippen LogP contribution in [0, 0.1) is 0 Å². The molecule has 1 N–H and O–H groups in total. The number of hydrogen-bond acceptors (Lipinski definition) is 3. The zero-order chi connectivity index (χ0) is 14.8. The van der Waals surface area contributed by atoms with Crippen LogP contribution < -0.4 is 4.74 Å². The van der Waals surface area contributed by atoms with Crippen molar-refractivity contribution in [1.82, 2.24) is 4.98 Å². The highest BCUT2D eigenvalue weighted by Gasteiger charge is 2.33. The molecule has 0 unspecified atom stereocenters. The average Bonchev–Trinajstić information content (AvgIpc) is 2.25. The zero-order valence-corrected chi connectivity index (χ0v) is 10.3. The number of alkyl halides is 3. The van der Waals surface area contributed by atoms with Crippen molar-refractivity contribution in [3.8, 4) is 5.88 Å². The standard InChI is InChI=1S/C12H12F3NO3/c1-6(2)19-10-8(7(3)11(17)18)4-5-9(16-10)12(13,14)15/h4-6H,3H2,1-2H3,(H,17,18). The van der Waals surface area contributed by atoms with Crippen LogP contribution in [0.1, 0.15) is 25.1 Å². The molecule has 7 heteroatoms. The van der Waals surface area contributed by atoms with E-state index in [-0.39, 0.29) is 11.1 Å². The molecule has 0 bridgehead atoms. The van der Waals surface area contributed by atoms with Crippen LogP contribution in [0.3, 0.4) is 0 Å². The first-order valence-electron chi connectivity index (χ1n) is 5.30. The van der Waals surface area contributed by atoms with Crippen LogP contribution in [0.15, 0.2) is 18.7 Å². The van der Waals surface area contributed by atoms with E-state index in [4.69, 9.17) is 9.84 Å². The molecule has 0 aliphatic carbocycles. The number of ether oxygens (including phenoxy) is 1. The van der Waals surface area contributed by atoms with E-state index in [9.17, 15) is 18.0 Å². The van der Waals surface area contributed by atoms with Gasteiger partial charge in [-0.2, -0.15) is 13.2 Å². The van der Waals surface area contributed by atoms with E-state index >= 15 is 0 Å². The number of halogens is 3. The maximum absolute atomic E-state index is 12.5. The molecule has 1 aromatic rings. The van der Waals surface area contributed by atoms with Crippen LogP contribution in [0.5, 0.6) is 5.88 Å². The average molecular weight is 275 g/mol. The van der Waals surface area contributed by atoms with E-state index in [0.29, 0.717) is 6.07 Å². The van der Waals surface area contributed by atoms with E-state index in [0.717, 1.165) is 6.07 Å². The van der Waals surface area contributed by atoms with E-state index < -0.39 is 29.8 Å². The molecule has 1 aromatic heterocycles. The summed E-state index contributed by atoms with van der Waals surface area (Å²) in [5.41, 5.74) is -1.60. The van der Waals surface area contributed by atoms with Gasteiger partial charge in [0.15, 0.2) is 0 Å². The number of aliphatic carboxylic acids is 1. The molecule has 0 amide bonds. The Labute approximate surface area is 107 Å². The number of pyridine rings is 1. The van der Waals surface area contributed by atoms with Gasteiger partial charge in [-0.05, 0) is 26.0 Å². The van der Waals surface area contributed by atoms with Crippen molar-refractivity contribution < 1.29 is 27.8 Å². The van der Waals surface area contributed by atoms with E-state index in [1.807, 2.05) is 0 Å². The van der Waals surface area contributed by atoms with Crippen LogP contribution in [0.4, 0.5) is 13.2 Å². The topological polar surface area (TPSA) is 59.4 Å². The number of hydrogen-bond donors (Lipinski definition) is 1. The molecule has 0 atom stereocenters. The normalized spacial score (nSPS) is 11.5. The Morgan fingerprint density at radius 2 is 2.00 bits per heavy atom. The monoisotopic (exact) mass is 275 g/mol. The van der Waals surface area contributed by atoms with Crippen LogP contribution >= 0.6 is 0 Å². The molecule has 0 aliphatic heterocycles. The lowest BCUT2D eigenvalue weighted by Crippen LogP contribution is -2.14.